The van der Waals surface area contributed by atoms with Crippen molar-refractivity contribution in [2.24, 2.45) is 0 Å². The summed E-state index contributed by atoms with van der Waals surface area (Å²) in [6.07, 6.45) is 4.07. The van der Waals surface area contributed by atoms with Gasteiger partial charge in [0.1, 0.15) is 11.9 Å². The van der Waals surface area contributed by atoms with Gasteiger partial charge in [0.2, 0.25) is 0 Å². The fourth-order valence-electron chi connectivity index (χ4n) is 1.75. The molecule has 1 unspecified atom stereocenters. The SMILES string of the molecule is CC=CCC1OC(=O)c2cccc(O)c21. The van der Waals surface area contributed by atoms with Crippen LogP contribution >= 0.6 is 0 Å². The number of carbonyl (C=O) groups excluding carboxylic acids is 1. The average molecular weight is 204 g/mol. The normalized spacial score (nSPS) is 19.3. The Bertz CT molecular complexity index is 421. The van der Waals surface area contributed by atoms with Crippen molar-refractivity contribution in [1.82, 2.24) is 0 Å². The zero-order valence-corrected chi connectivity index (χ0v) is 8.43. The molecule has 3 heteroatoms. The molecule has 0 aromatic heterocycles. The summed E-state index contributed by atoms with van der Waals surface area (Å²) < 4.78 is 5.16. The van der Waals surface area contributed by atoms with E-state index in [9.17, 15) is 9.90 Å². The van der Waals surface area contributed by atoms with Crippen LogP contribution in [0.15, 0.2) is 30.4 Å². The molecule has 1 aliphatic heterocycles. The summed E-state index contributed by atoms with van der Waals surface area (Å²) in [5.41, 5.74) is 1.09. The van der Waals surface area contributed by atoms with Gasteiger partial charge < -0.3 is 9.84 Å². The lowest BCUT2D eigenvalue weighted by Gasteiger charge is -2.08. The molecule has 1 aromatic carbocycles. The molecule has 78 valence electrons. The van der Waals surface area contributed by atoms with E-state index in [1.165, 1.54) is 0 Å². The number of phenolic OH excluding ortho intramolecular Hbond substituents is 1. The van der Waals surface area contributed by atoms with Gasteiger partial charge in [0.25, 0.3) is 0 Å². The van der Waals surface area contributed by atoms with E-state index in [0.717, 1.165) is 0 Å². The third-order valence-corrected chi connectivity index (χ3v) is 2.46. The van der Waals surface area contributed by atoms with Gasteiger partial charge in [0.15, 0.2) is 0 Å². The van der Waals surface area contributed by atoms with Crippen molar-refractivity contribution < 1.29 is 14.6 Å². The molecule has 0 fully saturated rings. The zero-order chi connectivity index (χ0) is 10.8. The first-order chi connectivity index (χ1) is 7.24. The molecule has 0 saturated carbocycles. The first-order valence-electron chi connectivity index (χ1n) is 4.88. The molecule has 0 amide bonds. The van der Waals surface area contributed by atoms with Gasteiger partial charge in [0, 0.05) is 12.0 Å². The molecule has 1 atom stereocenters. The van der Waals surface area contributed by atoms with Crippen molar-refractivity contribution in [1.29, 1.82) is 0 Å². The summed E-state index contributed by atoms with van der Waals surface area (Å²) in [5.74, 6) is -0.219. The van der Waals surface area contributed by atoms with Crippen molar-refractivity contribution in [2.75, 3.05) is 0 Å². The first kappa shape index (κ1) is 9.77. The fourth-order valence-corrected chi connectivity index (χ4v) is 1.75. The number of allylic oxidation sites excluding steroid dienone is 1. The number of aromatic hydroxyl groups is 1. The van der Waals surface area contributed by atoms with Crippen LogP contribution in [0.2, 0.25) is 0 Å². The molecule has 15 heavy (non-hydrogen) atoms. The van der Waals surface area contributed by atoms with E-state index in [-0.39, 0.29) is 17.8 Å². The molecule has 1 N–H and O–H groups in total. The minimum atomic E-state index is -0.351. The van der Waals surface area contributed by atoms with Gasteiger partial charge in [-0.05, 0) is 19.1 Å². The number of hydrogen-bond acceptors (Lipinski definition) is 3. The predicted molar refractivity (Wildman–Crippen MR) is 55.7 cm³/mol. The van der Waals surface area contributed by atoms with Gasteiger partial charge in [0.05, 0.1) is 5.56 Å². The molecule has 0 spiro atoms. The van der Waals surface area contributed by atoms with Gasteiger partial charge in [-0.3, -0.25) is 0 Å². The maximum atomic E-state index is 11.4. The number of ether oxygens (including phenoxy) is 1. The third kappa shape index (κ3) is 1.61. The van der Waals surface area contributed by atoms with Crippen molar-refractivity contribution in [2.45, 2.75) is 19.4 Å². The smallest absolute Gasteiger partial charge is 0.339 e. The summed E-state index contributed by atoms with van der Waals surface area (Å²) in [6, 6.07) is 4.89. The van der Waals surface area contributed by atoms with Crippen molar-refractivity contribution in [3.8, 4) is 5.75 Å². The molecule has 2 rings (SSSR count). The van der Waals surface area contributed by atoms with Crippen molar-refractivity contribution >= 4 is 5.97 Å². The van der Waals surface area contributed by atoms with E-state index < -0.39 is 0 Å². The summed E-state index contributed by atoms with van der Waals surface area (Å²) in [4.78, 5) is 11.4. The second kappa shape index (κ2) is 3.77. The zero-order valence-electron chi connectivity index (χ0n) is 8.43. The van der Waals surface area contributed by atoms with E-state index in [0.29, 0.717) is 17.5 Å². The highest BCUT2D eigenvalue weighted by molar-refractivity contribution is 5.94. The largest absolute Gasteiger partial charge is 0.507 e. The van der Waals surface area contributed by atoms with Crippen LogP contribution in [-0.4, -0.2) is 11.1 Å². The molecule has 1 aromatic rings. The predicted octanol–water partition coefficient (Wildman–Crippen LogP) is 2.57. The number of rotatable bonds is 2. The molecule has 0 bridgehead atoms. The highest BCUT2D eigenvalue weighted by Gasteiger charge is 2.32. The Hall–Kier alpha value is -1.77. The number of benzene rings is 1. The summed E-state index contributed by atoms with van der Waals surface area (Å²) in [7, 11) is 0. The number of esters is 1. The van der Waals surface area contributed by atoms with Gasteiger partial charge in [-0.25, -0.2) is 4.79 Å². The standard InChI is InChI=1S/C12H12O3/c1-2-3-7-10-11-8(12(14)15-10)5-4-6-9(11)13/h2-6,10,13H,7H2,1H3. The van der Waals surface area contributed by atoms with Crippen LogP contribution in [-0.2, 0) is 4.74 Å². The van der Waals surface area contributed by atoms with Crippen LogP contribution in [0.25, 0.3) is 0 Å². The molecule has 0 saturated heterocycles. The van der Waals surface area contributed by atoms with Crippen molar-refractivity contribution in [3.05, 3.63) is 41.5 Å². The monoisotopic (exact) mass is 204 g/mol. The van der Waals surface area contributed by atoms with Gasteiger partial charge in [-0.1, -0.05) is 18.2 Å². The summed E-state index contributed by atoms with van der Waals surface area (Å²) >= 11 is 0. The van der Waals surface area contributed by atoms with E-state index in [2.05, 4.69) is 0 Å². The number of carbonyl (C=O) groups is 1. The van der Waals surface area contributed by atoms with E-state index >= 15 is 0 Å². The maximum Gasteiger partial charge on any atom is 0.339 e. The quantitative estimate of drug-likeness (QED) is 0.595. The molecular formula is C12H12O3. The summed E-state index contributed by atoms with van der Waals surface area (Å²) in [5, 5.41) is 9.66. The second-order valence-electron chi connectivity index (χ2n) is 3.44. The van der Waals surface area contributed by atoms with Crippen LogP contribution in [0.3, 0.4) is 0 Å². The van der Waals surface area contributed by atoms with Crippen LogP contribution in [0.1, 0.15) is 35.4 Å². The summed E-state index contributed by atoms with van der Waals surface area (Å²) in [6.45, 7) is 1.91. The van der Waals surface area contributed by atoms with Gasteiger partial charge >= 0.3 is 5.97 Å². The lowest BCUT2D eigenvalue weighted by atomic mass is 10.0. The second-order valence-corrected chi connectivity index (χ2v) is 3.44. The number of hydrogen-bond donors (Lipinski definition) is 1. The van der Waals surface area contributed by atoms with E-state index in [1.54, 1.807) is 18.2 Å². The topological polar surface area (TPSA) is 46.5 Å². The Kier molecular flexibility index (Phi) is 2.46. The van der Waals surface area contributed by atoms with E-state index in [4.69, 9.17) is 4.74 Å². The molecule has 1 aliphatic rings. The molecule has 0 radical (unpaired) electrons. The fraction of sp³-hybridized carbons (Fsp3) is 0.250. The Morgan fingerprint density at radius 1 is 1.53 bits per heavy atom. The van der Waals surface area contributed by atoms with E-state index in [1.807, 2.05) is 19.1 Å². The Labute approximate surface area is 88.0 Å². The minimum absolute atomic E-state index is 0.132. The minimum Gasteiger partial charge on any atom is -0.507 e. The van der Waals surface area contributed by atoms with Crippen LogP contribution in [0.4, 0.5) is 0 Å². The number of phenols is 1. The van der Waals surface area contributed by atoms with Crippen molar-refractivity contribution in [3.63, 3.8) is 0 Å². The van der Waals surface area contributed by atoms with Crippen LogP contribution in [0.5, 0.6) is 5.75 Å². The Morgan fingerprint density at radius 2 is 2.33 bits per heavy atom. The molecule has 1 heterocycles. The highest BCUT2D eigenvalue weighted by atomic mass is 16.5. The first-order valence-corrected chi connectivity index (χ1v) is 4.88. The highest BCUT2D eigenvalue weighted by Crippen LogP contribution is 2.38. The molecule has 0 aliphatic carbocycles. The number of cyclic esters (lactones) is 1. The molecular weight excluding hydrogens is 192 g/mol. The van der Waals surface area contributed by atoms with Gasteiger partial charge in [-0.2, -0.15) is 0 Å². The maximum absolute atomic E-state index is 11.4. The average Bonchev–Trinajstić information content (AvgIpc) is 2.55. The van der Waals surface area contributed by atoms with Crippen LogP contribution < -0.4 is 0 Å². The Balaban J connectivity index is 2.39. The molecule has 3 nitrogen and oxygen atoms in total. The lowest BCUT2D eigenvalue weighted by Crippen LogP contribution is -1.97. The lowest BCUT2D eigenvalue weighted by molar-refractivity contribution is 0.0390. The number of fused-ring (bicyclic) bond motifs is 1. The van der Waals surface area contributed by atoms with Crippen LogP contribution in [0, 0.1) is 0 Å². The Morgan fingerprint density at radius 3 is 3.07 bits per heavy atom. The third-order valence-electron chi connectivity index (χ3n) is 2.46. The van der Waals surface area contributed by atoms with Gasteiger partial charge in [-0.15, -0.1) is 0 Å².